The molecule has 0 unspecified atom stereocenters. The summed E-state index contributed by atoms with van der Waals surface area (Å²) < 4.78 is 0. The average molecular weight is 363 g/mol. The number of amides is 1. The fraction of sp³-hybridized carbons (Fsp3) is 0.190. The van der Waals surface area contributed by atoms with Gasteiger partial charge >= 0.3 is 0 Å². The first-order valence-electron chi connectivity index (χ1n) is 8.56. The molecule has 1 N–H and O–H groups in total. The summed E-state index contributed by atoms with van der Waals surface area (Å²) in [5.41, 5.74) is 3.26. The standard InChI is InChI=1S/C21H21N3OS/c25-20(16-26-15-17-7-3-1-4-8-17)22-12-11-18-13-23-21(24-14-18)19-9-5-2-6-10-19/h1-10,13-14H,11-12,15-16H2,(H,22,25). The molecule has 26 heavy (non-hydrogen) atoms. The minimum absolute atomic E-state index is 0.0627. The lowest BCUT2D eigenvalue weighted by Gasteiger charge is -2.06. The number of rotatable bonds is 8. The van der Waals surface area contributed by atoms with Crippen molar-refractivity contribution in [3.8, 4) is 11.4 Å². The number of nitrogens with one attached hydrogen (secondary N) is 1. The van der Waals surface area contributed by atoms with E-state index < -0.39 is 0 Å². The van der Waals surface area contributed by atoms with E-state index in [4.69, 9.17) is 0 Å². The SMILES string of the molecule is O=C(CSCc1ccccc1)NCCc1cnc(-c2ccccc2)nc1. The van der Waals surface area contributed by atoms with E-state index in [1.54, 1.807) is 11.8 Å². The van der Waals surface area contributed by atoms with Crippen molar-refractivity contribution in [2.75, 3.05) is 12.3 Å². The minimum Gasteiger partial charge on any atom is -0.355 e. The van der Waals surface area contributed by atoms with Gasteiger partial charge < -0.3 is 5.32 Å². The Morgan fingerprint density at radius 1 is 0.885 bits per heavy atom. The molecule has 0 radical (unpaired) electrons. The highest BCUT2D eigenvalue weighted by molar-refractivity contribution is 7.99. The van der Waals surface area contributed by atoms with Gasteiger partial charge in [-0.15, -0.1) is 11.8 Å². The molecule has 0 aliphatic carbocycles. The molecular formula is C21H21N3OS. The van der Waals surface area contributed by atoms with E-state index in [1.165, 1.54) is 5.56 Å². The van der Waals surface area contributed by atoms with E-state index in [2.05, 4.69) is 27.4 Å². The number of hydrogen-bond acceptors (Lipinski definition) is 4. The van der Waals surface area contributed by atoms with Crippen molar-refractivity contribution in [1.29, 1.82) is 0 Å². The highest BCUT2D eigenvalue weighted by atomic mass is 32.2. The molecule has 0 atom stereocenters. The van der Waals surface area contributed by atoms with Gasteiger partial charge in [0.05, 0.1) is 5.75 Å². The quantitative estimate of drug-likeness (QED) is 0.662. The van der Waals surface area contributed by atoms with Crippen molar-refractivity contribution in [3.63, 3.8) is 0 Å². The zero-order chi connectivity index (χ0) is 18.0. The molecule has 1 aromatic heterocycles. The van der Waals surface area contributed by atoms with Gasteiger partial charge in [0, 0.05) is 30.3 Å². The van der Waals surface area contributed by atoms with Gasteiger partial charge in [-0.1, -0.05) is 60.7 Å². The summed E-state index contributed by atoms with van der Waals surface area (Å²) in [6.45, 7) is 0.596. The maximum absolute atomic E-state index is 11.9. The van der Waals surface area contributed by atoms with Crippen LogP contribution in [0.15, 0.2) is 73.1 Å². The van der Waals surface area contributed by atoms with Crippen LogP contribution in [0.4, 0.5) is 0 Å². The van der Waals surface area contributed by atoms with Crippen molar-refractivity contribution in [2.24, 2.45) is 0 Å². The van der Waals surface area contributed by atoms with E-state index in [-0.39, 0.29) is 5.91 Å². The monoisotopic (exact) mass is 363 g/mol. The van der Waals surface area contributed by atoms with Gasteiger partial charge in [-0.25, -0.2) is 9.97 Å². The van der Waals surface area contributed by atoms with Crippen LogP contribution in [0.2, 0.25) is 0 Å². The number of benzene rings is 2. The van der Waals surface area contributed by atoms with Crippen molar-refractivity contribution in [3.05, 3.63) is 84.2 Å². The molecule has 0 bridgehead atoms. The number of carbonyl (C=O) groups is 1. The number of aromatic nitrogens is 2. The third-order valence-electron chi connectivity index (χ3n) is 3.82. The Labute approximate surface area is 158 Å². The summed E-state index contributed by atoms with van der Waals surface area (Å²) in [6, 6.07) is 20.1. The zero-order valence-corrected chi connectivity index (χ0v) is 15.3. The molecular weight excluding hydrogens is 342 g/mol. The number of carbonyl (C=O) groups excluding carboxylic acids is 1. The highest BCUT2D eigenvalue weighted by Crippen LogP contribution is 2.13. The van der Waals surface area contributed by atoms with Gasteiger partial charge in [0.15, 0.2) is 5.82 Å². The Balaban J connectivity index is 1.37. The van der Waals surface area contributed by atoms with Gasteiger partial charge in [0.2, 0.25) is 5.91 Å². The minimum atomic E-state index is 0.0627. The molecule has 4 nitrogen and oxygen atoms in total. The molecule has 1 heterocycles. The molecule has 0 spiro atoms. The molecule has 0 aliphatic heterocycles. The van der Waals surface area contributed by atoms with Crippen LogP contribution in [-0.2, 0) is 17.0 Å². The lowest BCUT2D eigenvalue weighted by molar-refractivity contribution is -0.118. The van der Waals surface area contributed by atoms with E-state index in [9.17, 15) is 4.79 Å². The van der Waals surface area contributed by atoms with Crippen LogP contribution < -0.4 is 5.32 Å². The van der Waals surface area contributed by atoms with Crippen LogP contribution in [0.25, 0.3) is 11.4 Å². The highest BCUT2D eigenvalue weighted by Gasteiger charge is 2.04. The van der Waals surface area contributed by atoms with Crippen LogP contribution in [-0.4, -0.2) is 28.2 Å². The summed E-state index contributed by atoms with van der Waals surface area (Å²) >= 11 is 1.62. The molecule has 0 fully saturated rings. The number of thioether (sulfide) groups is 1. The molecule has 0 saturated heterocycles. The first kappa shape index (κ1) is 18.1. The lowest BCUT2D eigenvalue weighted by atomic mass is 10.2. The number of hydrogen-bond donors (Lipinski definition) is 1. The molecule has 132 valence electrons. The Bertz CT molecular complexity index is 808. The molecule has 3 aromatic rings. The van der Waals surface area contributed by atoms with E-state index in [0.29, 0.717) is 12.3 Å². The molecule has 0 aliphatic rings. The zero-order valence-electron chi connectivity index (χ0n) is 14.5. The van der Waals surface area contributed by atoms with Crippen LogP contribution in [0.3, 0.4) is 0 Å². The summed E-state index contributed by atoms with van der Waals surface area (Å²) in [4.78, 5) is 20.7. The van der Waals surface area contributed by atoms with Crippen molar-refractivity contribution in [1.82, 2.24) is 15.3 Å². The van der Waals surface area contributed by atoms with E-state index in [0.717, 1.165) is 29.1 Å². The van der Waals surface area contributed by atoms with Crippen molar-refractivity contribution in [2.45, 2.75) is 12.2 Å². The van der Waals surface area contributed by atoms with Crippen molar-refractivity contribution < 1.29 is 4.79 Å². The molecule has 1 amide bonds. The Hall–Kier alpha value is -2.66. The van der Waals surface area contributed by atoms with Crippen LogP contribution in [0.1, 0.15) is 11.1 Å². The predicted octanol–water partition coefficient (Wildman–Crippen LogP) is 3.74. The topological polar surface area (TPSA) is 54.9 Å². The average Bonchev–Trinajstić information content (AvgIpc) is 2.70. The summed E-state index contributed by atoms with van der Waals surface area (Å²) in [5.74, 6) is 2.10. The summed E-state index contributed by atoms with van der Waals surface area (Å²) in [6.07, 6.45) is 4.38. The maximum Gasteiger partial charge on any atom is 0.230 e. The first-order chi connectivity index (χ1) is 12.8. The van der Waals surface area contributed by atoms with Crippen LogP contribution in [0.5, 0.6) is 0 Å². The summed E-state index contributed by atoms with van der Waals surface area (Å²) in [5, 5.41) is 2.95. The Morgan fingerprint density at radius 2 is 1.54 bits per heavy atom. The largest absolute Gasteiger partial charge is 0.355 e. The molecule has 2 aromatic carbocycles. The Morgan fingerprint density at radius 3 is 2.23 bits per heavy atom. The second-order valence-corrected chi connectivity index (χ2v) is 6.84. The molecule has 5 heteroatoms. The van der Waals surface area contributed by atoms with Gasteiger partial charge in [-0.2, -0.15) is 0 Å². The van der Waals surface area contributed by atoms with E-state index >= 15 is 0 Å². The smallest absolute Gasteiger partial charge is 0.230 e. The Kier molecular flexibility index (Phi) is 6.79. The molecule has 3 rings (SSSR count). The third kappa shape index (κ3) is 5.70. The van der Waals surface area contributed by atoms with Crippen LogP contribution in [0, 0.1) is 0 Å². The van der Waals surface area contributed by atoms with Crippen molar-refractivity contribution >= 4 is 17.7 Å². The molecule has 0 saturated carbocycles. The second kappa shape index (κ2) is 9.73. The maximum atomic E-state index is 11.9. The summed E-state index contributed by atoms with van der Waals surface area (Å²) in [7, 11) is 0. The first-order valence-corrected chi connectivity index (χ1v) is 9.71. The predicted molar refractivity (Wildman–Crippen MR) is 107 cm³/mol. The fourth-order valence-corrected chi connectivity index (χ4v) is 3.27. The lowest BCUT2D eigenvalue weighted by Crippen LogP contribution is -2.27. The fourth-order valence-electron chi connectivity index (χ4n) is 2.45. The number of nitrogens with zero attached hydrogens (tertiary/aromatic N) is 2. The van der Waals surface area contributed by atoms with E-state index in [1.807, 2.05) is 60.9 Å². The van der Waals surface area contributed by atoms with Gasteiger partial charge in [0.1, 0.15) is 0 Å². The van der Waals surface area contributed by atoms with Gasteiger partial charge in [-0.05, 0) is 17.5 Å². The van der Waals surface area contributed by atoms with Crippen LogP contribution >= 0.6 is 11.8 Å². The second-order valence-electron chi connectivity index (χ2n) is 5.86. The van der Waals surface area contributed by atoms with Gasteiger partial charge in [-0.3, -0.25) is 4.79 Å². The van der Waals surface area contributed by atoms with Gasteiger partial charge in [0.25, 0.3) is 0 Å². The third-order valence-corrected chi connectivity index (χ3v) is 4.82. The normalized spacial score (nSPS) is 10.5.